The van der Waals surface area contributed by atoms with Crippen LogP contribution in [0.3, 0.4) is 0 Å². The number of urea groups is 1. The van der Waals surface area contributed by atoms with Gasteiger partial charge in [0.05, 0.1) is 0 Å². The van der Waals surface area contributed by atoms with E-state index in [1.54, 1.807) is 17.3 Å². The normalized spacial score (nSPS) is 19.8. The molecule has 3 N–H and O–H groups in total. The van der Waals surface area contributed by atoms with Gasteiger partial charge in [0.2, 0.25) is 5.91 Å². The first-order valence-corrected chi connectivity index (χ1v) is 11.8. The van der Waals surface area contributed by atoms with E-state index in [0.29, 0.717) is 26.1 Å². The Morgan fingerprint density at radius 1 is 0.975 bits per heavy atom. The Hall–Kier alpha value is -3.63. The topological polar surface area (TPSA) is 143 Å². The minimum absolute atomic E-state index is 0.0351. The Morgan fingerprint density at radius 3 is 1.88 bits per heavy atom. The van der Waals surface area contributed by atoms with Crippen LogP contribution in [-0.2, 0) is 20.9 Å². The van der Waals surface area contributed by atoms with Gasteiger partial charge in [-0.1, -0.05) is 0 Å². The molecule has 1 aromatic heterocycles. The van der Waals surface area contributed by atoms with Crippen LogP contribution in [-0.4, -0.2) is 112 Å². The second-order valence-electron chi connectivity index (χ2n) is 9.62. The number of carboxylic acid groups (broad SMARTS) is 2. The molecule has 3 amide bonds. The van der Waals surface area contributed by atoms with E-state index in [0.717, 1.165) is 19.6 Å². The van der Waals surface area contributed by atoms with Gasteiger partial charge in [-0.05, 0) is 31.5 Å². The molecule has 1 aromatic rings. The van der Waals surface area contributed by atoms with Crippen molar-refractivity contribution < 1.29 is 55.7 Å². The molecule has 1 spiro atoms. The van der Waals surface area contributed by atoms with Crippen LogP contribution in [0.1, 0.15) is 25.8 Å². The lowest BCUT2D eigenvalue weighted by atomic mass is 9.86. The number of amides is 3. The molecule has 2 saturated heterocycles. The molecule has 40 heavy (non-hydrogen) atoms. The maximum atomic E-state index is 12.6. The van der Waals surface area contributed by atoms with Gasteiger partial charge in [0, 0.05) is 76.6 Å². The quantitative estimate of drug-likeness (QED) is 0.458. The highest BCUT2D eigenvalue weighted by molar-refractivity contribution is 5.80. The number of rotatable bonds is 3. The van der Waals surface area contributed by atoms with Gasteiger partial charge in [-0.25, -0.2) is 14.4 Å². The number of carbonyl (C=O) groups excluding carboxylic acids is 2. The second kappa shape index (κ2) is 14.1. The lowest BCUT2D eigenvalue weighted by Gasteiger charge is -2.33. The number of halogens is 6. The zero-order chi connectivity index (χ0) is 30.9. The summed E-state index contributed by atoms with van der Waals surface area (Å²) in [5.41, 5.74) is 0.997. The monoisotopic (exact) mass is 587 g/mol. The molecule has 0 radical (unpaired) electrons. The highest BCUT2D eigenvalue weighted by Crippen LogP contribution is 2.34. The summed E-state index contributed by atoms with van der Waals surface area (Å²) < 4.78 is 63.5. The van der Waals surface area contributed by atoms with Crippen LogP contribution in [0.15, 0.2) is 24.5 Å². The Bertz CT molecular complexity index is 1000. The van der Waals surface area contributed by atoms with E-state index < -0.39 is 24.3 Å². The number of carbonyl (C=O) groups is 4. The van der Waals surface area contributed by atoms with E-state index in [1.807, 2.05) is 37.9 Å². The van der Waals surface area contributed by atoms with Crippen molar-refractivity contribution in [3.63, 3.8) is 0 Å². The third-order valence-electron chi connectivity index (χ3n) is 5.64. The molecular formula is C23H31F6N5O6. The second-order valence-corrected chi connectivity index (χ2v) is 9.62. The first-order valence-electron chi connectivity index (χ1n) is 11.8. The van der Waals surface area contributed by atoms with Crippen LogP contribution in [0.2, 0.25) is 0 Å². The number of carboxylic acids is 2. The maximum Gasteiger partial charge on any atom is 0.490 e. The van der Waals surface area contributed by atoms with Gasteiger partial charge < -0.3 is 25.3 Å². The summed E-state index contributed by atoms with van der Waals surface area (Å²) in [6.45, 7) is 8.34. The van der Waals surface area contributed by atoms with E-state index in [9.17, 15) is 35.9 Å². The fraction of sp³-hybridized carbons (Fsp3) is 0.609. The molecule has 226 valence electrons. The number of nitrogens with zero attached hydrogens (tertiary/aromatic N) is 4. The minimum Gasteiger partial charge on any atom is -0.475 e. The zero-order valence-corrected chi connectivity index (χ0v) is 21.9. The molecule has 2 aliphatic rings. The third-order valence-corrected chi connectivity index (χ3v) is 5.64. The number of alkyl halides is 6. The number of likely N-dealkylation sites (tertiary alicyclic amines) is 1. The SMILES string of the molecule is CC(C)NC(=O)N1CCN(Cc2ccncc2)CC2(CC(=O)N(C)C2)C1.O=C(O)C(F)(F)F.O=C(O)C(F)(F)F. The van der Waals surface area contributed by atoms with Gasteiger partial charge in [0.1, 0.15) is 0 Å². The van der Waals surface area contributed by atoms with Crippen molar-refractivity contribution in [1.82, 2.24) is 25.0 Å². The molecule has 3 rings (SSSR count). The molecule has 17 heteroatoms. The smallest absolute Gasteiger partial charge is 0.475 e. The van der Waals surface area contributed by atoms with Crippen molar-refractivity contribution in [3.05, 3.63) is 30.1 Å². The predicted molar refractivity (Wildman–Crippen MR) is 127 cm³/mol. The molecule has 11 nitrogen and oxygen atoms in total. The van der Waals surface area contributed by atoms with Gasteiger partial charge in [-0.3, -0.25) is 14.7 Å². The van der Waals surface area contributed by atoms with Crippen LogP contribution >= 0.6 is 0 Å². The Labute approximate surface area is 225 Å². The Morgan fingerprint density at radius 2 is 1.48 bits per heavy atom. The van der Waals surface area contributed by atoms with Crippen LogP contribution in [0.4, 0.5) is 31.1 Å². The maximum absolute atomic E-state index is 12.6. The molecule has 2 fully saturated rings. The van der Waals surface area contributed by atoms with E-state index in [-0.39, 0.29) is 23.4 Å². The third kappa shape index (κ3) is 11.6. The highest BCUT2D eigenvalue weighted by atomic mass is 19.4. The van der Waals surface area contributed by atoms with Gasteiger partial charge in [-0.2, -0.15) is 26.3 Å². The first-order chi connectivity index (χ1) is 18.3. The standard InChI is InChI=1S/C19H29N5O2.2C2HF3O2/c1-15(2)21-18(26)24-9-8-23(11-16-4-6-20-7-5-16)13-19(14-24)10-17(25)22(3)12-19;2*3-2(4,5)1(6)7/h4-7,15H,8-14H2,1-3H3,(H,21,26);2*(H,6,7). The molecule has 0 aliphatic carbocycles. The van der Waals surface area contributed by atoms with Crippen molar-refractivity contribution in [2.45, 2.75) is 45.2 Å². The summed E-state index contributed by atoms with van der Waals surface area (Å²) in [5.74, 6) is -5.35. The molecule has 2 aliphatic heterocycles. The zero-order valence-electron chi connectivity index (χ0n) is 21.9. The highest BCUT2D eigenvalue weighted by Gasteiger charge is 2.46. The fourth-order valence-corrected chi connectivity index (χ4v) is 4.06. The number of aliphatic carboxylic acids is 2. The number of nitrogens with one attached hydrogen (secondary N) is 1. The van der Waals surface area contributed by atoms with Gasteiger partial charge in [0.25, 0.3) is 0 Å². The average Bonchev–Trinajstić information content (AvgIpc) is 2.96. The summed E-state index contributed by atoms with van der Waals surface area (Å²) in [6.07, 6.45) is -6.06. The van der Waals surface area contributed by atoms with E-state index >= 15 is 0 Å². The van der Waals surface area contributed by atoms with E-state index in [2.05, 4.69) is 15.2 Å². The molecule has 1 atom stereocenters. The molecular weight excluding hydrogens is 556 g/mol. The first kappa shape index (κ1) is 34.4. The van der Waals surface area contributed by atoms with E-state index in [1.165, 1.54) is 5.56 Å². The Kier molecular flexibility index (Phi) is 12.2. The molecule has 0 bridgehead atoms. The van der Waals surface area contributed by atoms with Crippen molar-refractivity contribution in [1.29, 1.82) is 0 Å². The van der Waals surface area contributed by atoms with Crippen molar-refractivity contribution in [2.24, 2.45) is 5.41 Å². The van der Waals surface area contributed by atoms with Crippen LogP contribution in [0, 0.1) is 5.41 Å². The van der Waals surface area contributed by atoms with Crippen molar-refractivity contribution in [2.75, 3.05) is 39.8 Å². The van der Waals surface area contributed by atoms with E-state index in [4.69, 9.17) is 19.8 Å². The number of hydrogen-bond acceptors (Lipinski definition) is 6. The summed E-state index contributed by atoms with van der Waals surface area (Å²) in [4.78, 5) is 52.8. The van der Waals surface area contributed by atoms with Gasteiger partial charge >= 0.3 is 30.3 Å². The summed E-state index contributed by atoms with van der Waals surface area (Å²) in [6, 6.07) is 4.11. The van der Waals surface area contributed by atoms with Gasteiger partial charge in [0.15, 0.2) is 0 Å². The molecule has 3 heterocycles. The lowest BCUT2D eigenvalue weighted by molar-refractivity contribution is -0.193. The molecule has 0 saturated carbocycles. The molecule has 1 unspecified atom stereocenters. The Balaban J connectivity index is 0.000000473. The summed E-state index contributed by atoms with van der Waals surface area (Å²) in [5, 5.41) is 17.2. The fourth-order valence-electron chi connectivity index (χ4n) is 4.06. The lowest BCUT2D eigenvalue weighted by Crippen LogP contribution is -2.48. The van der Waals surface area contributed by atoms with Gasteiger partial charge in [-0.15, -0.1) is 0 Å². The number of pyridine rings is 1. The summed E-state index contributed by atoms with van der Waals surface area (Å²) >= 11 is 0. The minimum atomic E-state index is -5.08. The van der Waals surface area contributed by atoms with Crippen LogP contribution < -0.4 is 5.32 Å². The number of hydrogen-bond donors (Lipinski definition) is 3. The molecule has 0 aromatic carbocycles. The van der Waals surface area contributed by atoms with Crippen molar-refractivity contribution >= 4 is 23.9 Å². The van der Waals surface area contributed by atoms with Crippen LogP contribution in [0.5, 0.6) is 0 Å². The predicted octanol–water partition coefficient (Wildman–Crippen LogP) is 2.43. The largest absolute Gasteiger partial charge is 0.490 e. The van der Waals surface area contributed by atoms with Crippen LogP contribution in [0.25, 0.3) is 0 Å². The van der Waals surface area contributed by atoms with Crippen molar-refractivity contribution in [3.8, 4) is 0 Å². The summed E-state index contributed by atoms with van der Waals surface area (Å²) in [7, 11) is 1.85. The number of aromatic nitrogens is 1. The average molecular weight is 588 g/mol.